The molecule has 0 atom stereocenters. The molecule has 30 heavy (non-hydrogen) atoms. The van der Waals surface area contributed by atoms with Crippen LogP contribution in [0.2, 0.25) is 0 Å². The monoisotopic (exact) mass is 426 g/mol. The van der Waals surface area contributed by atoms with Gasteiger partial charge in [0.05, 0.1) is 17.2 Å². The Hall–Kier alpha value is -2.54. The van der Waals surface area contributed by atoms with Crippen molar-refractivity contribution in [2.75, 3.05) is 6.54 Å². The van der Waals surface area contributed by atoms with Crippen molar-refractivity contribution in [3.63, 3.8) is 0 Å². The molecule has 0 aliphatic heterocycles. The molecule has 160 valence electrons. The molecular weight excluding hydrogens is 396 g/mol. The average Bonchev–Trinajstić information content (AvgIpc) is 3.08. The van der Waals surface area contributed by atoms with Crippen molar-refractivity contribution in [3.8, 4) is 11.3 Å². The summed E-state index contributed by atoms with van der Waals surface area (Å²) in [4.78, 5) is 16.3. The van der Waals surface area contributed by atoms with Crippen LogP contribution < -0.4 is 4.80 Å². The first-order valence-corrected chi connectivity index (χ1v) is 11.2. The Bertz CT molecular complexity index is 1030. The fourth-order valence-electron chi connectivity index (χ4n) is 3.74. The van der Waals surface area contributed by atoms with Gasteiger partial charge in [-0.2, -0.15) is 5.10 Å². The molecule has 0 amide bonds. The molecule has 0 radical (unpaired) electrons. The molecule has 0 unspecified atom stereocenters. The molecule has 1 aromatic carbocycles. The van der Waals surface area contributed by atoms with Crippen LogP contribution in [0.3, 0.4) is 0 Å². The SMILES string of the molecule is C=C(C)CN=c1scc(-c2cccc([N+](=O)[O-])c2)n1N=C1CCC(C(C)(C)C)CC1. The standard InChI is InChI=1S/C23H30N4O2S/c1-16(2)14-24-22-26(25-19-11-9-18(10-12-19)23(3,4)5)21(15-30-22)17-7-6-8-20(13-17)27(28)29/h6-8,13,15,18H,1,9-12,14H2,2-5H3. The third kappa shape index (κ3) is 5.33. The highest BCUT2D eigenvalue weighted by molar-refractivity contribution is 7.07. The summed E-state index contributed by atoms with van der Waals surface area (Å²) in [5.41, 5.74) is 4.13. The van der Waals surface area contributed by atoms with E-state index in [4.69, 9.17) is 5.10 Å². The summed E-state index contributed by atoms with van der Waals surface area (Å²) < 4.78 is 1.86. The molecular formula is C23H30N4O2S. The topological polar surface area (TPSA) is 72.8 Å². The van der Waals surface area contributed by atoms with Crippen LogP contribution >= 0.6 is 11.3 Å². The van der Waals surface area contributed by atoms with Crippen molar-refractivity contribution in [2.24, 2.45) is 21.4 Å². The van der Waals surface area contributed by atoms with Crippen LogP contribution in [0.15, 0.2) is 51.9 Å². The van der Waals surface area contributed by atoms with Gasteiger partial charge in [0.1, 0.15) is 0 Å². The predicted octanol–water partition coefficient (Wildman–Crippen LogP) is 6.04. The van der Waals surface area contributed by atoms with Crippen molar-refractivity contribution in [2.45, 2.75) is 53.4 Å². The quantitative estimate of drug-likeness (QED) is 0.332. The number of rotatable bonds is 5. The third-order valence-corrected chi connectivity index (χ3v) is 6.41. The van der Waals surface area contributed by atoms with E-state index in [9.17, 15) is 10.1 Å². The number of aromatic nitrogens is 1. The zero-order chi connectivity index (χ0) is 21.9. The van der Waals surface area contributed by atoms with Gasteiger partial charge in [0.2, 0.25) is 4.80 Å². The lowest BCUT2D eigenvalue weighted by molar-refractivity contribution is -0.384. The number of nitro benzene ring substituents is 1. The van der Waals surface area contributed by atoms with Gasteiger partial charge in [-0.15, -0.1) is 11.3 Å². The Kier molecular flexibility index (Phi) is 6.71. The van der Waals surface area contributed by atoms with E-state index in [0.29, 0.717) is 17.9 Å². The summed E-state index contributed by atoms with van der Waals surface area (Å²) in [6.07, 6.45) is 4.22. The summed E-state index contributed by atoms with van der Waals surface area (Å²) in [7, 11) is 0. The van der Waals surface area contributed by atoms with Crippen LogP contribution in [-0.4, -0.2) is 21.9 Å². The van der Waals surface area contributed by atoms with E-state index in [1.54, 1.807) is 12.1 Å². The number of thiazole rings is 1. The second-order valence-corrected chi connectivity index (χ2v) is 9.94. The summed E-state index contributed by atoms with van der Waals surface area (Å²) in [5, 5.41) is 18.2. The second kappa shape index (κ2) is 9.08. The smallest absolute Gasteiger partial charge is 0.258 e. The van der Waals surface area contributed by atoms with Gasteiger partial charge in [0.15, 0.2) is 0 Å². The average molecular weight is 427 g/mol. The molecule has 7 heteroatoms. The van der Waals surface area contributed by atoms with Gasteiger partial charge < -0.3 is 0 Å². The van der Waals surface area contributed by atoms with Crippen molar-refractivity contribution < 1.29 is 4.92 Å². The van der Waals surface area contributed by atoms with Crippen LogP contribution in [0.4, 0.5) is 5.69 Å². The molecule has 3 rings (SSSR count). The molecule has 2 aromatic rings. The minimum absolute atomic E-state index is 0.0732. The molecule has 1 aromatic heterocycles. The fraction of sp³-hybridized carbons (Fsp3) is 0.478. The maximum Gasteiger partial charge on any atom is 0.270 e. The summed E-state index contributed by atoms with van der Waals surface area (Å²) in [5.74, 6) is 0.702. The molecule has 1 aliphatic rings. The van der Waals surface area contributed by atoms with E-state index in [-0.39, 0.29) is 10.6 Å². The van der Waals surface area contributed by atoms with Gasteiger partial charge in [0.25, 0.3) is 5.69 Å². The van der Waals surface area contributed by atoms with Crippen LogP contribution in [0.1, 0.15) is 53.4 Å². The maximum absolute atomic E-state index is 11.2. The van der Waals surface area contributed by atoms with E-state index in [0.717, 1.165) is 53.0 Å². The Morgan fingerprint density at radius 1 is 1.33 bits per heavy atom. The summed E-state index contributed by atoms with van der Waals surface area (Å²) in [6.45, 7) is 13.3. The number of benzene rings is 1. The first kappa shape index (κ1) is 22.2. The lowest BCUT2D eigenvalue weighted by Crippen LogP contribution is -2.26. The molecule has 1 aliphatic carbocycles. The van der Waals surface area contributed by atoms with Crippen LogP contribution in [0.25, 0.3) is 11.3 Å². The lowest BCUT2D eigenvalue weighted by atomic mass is 9.72. The van der Waals surface area contributed by atoms with Gasteiger partial charge in [-0.3, -0.25) is 15.1 Å². The first-order chi connectivity index (χ1) is 14.1. The lowest BCUT2D eigenvalue weighted by Gasteiger charge is -2.34. The third-order valence-electron chi connectivity index (χ3n) is 5.55. The number of hydrogen-bond donors (Lipinski definition) is 0. The molecule has 1 heterocycles. The number of nitrogens with zero attached hydrogens (tertiary/aromatic N) is 4. The Morgan fingerprint density at radius 3 is 2.63 bits per heavy atom. The highest BCUT2D eigenvalue weighted by atomic mass is 32.1. The normalized spacial score (nSPS) is 17.8. The van der Waals surface area contributed by atoms with Crippen molar-refractivity contribution in [1.82, 2.24) is 4.68 Å². The number of nitro groups is 1. The van der Waals surface area contributed by atoms with Crippen molar-refractivity contribution in [1.29, 1.82) is 0 Å². The van der Waals surface area contributed by atoms with Crippen molar-refractivity contribution in [3.05, 3.63) is 56.7 Å². The summed E-state index contributed by atoms with van der Waals surface area (Å²) >= 11 is 1.50. The highest BCUT2D eigenvalue weighted by Crippen LogP contribution is 2.37. The van der Waals surface area contributed by atoms with Gasteiger partial charge in [-0.25, -0.2) is 4.68 Å². The zero-order valence-corrected chi connectivity index (χ0v) is 19.0. The number of non-ortho nitro benzene ring substituents is 1. The van der Waals surface area contributed by atoms with E-state index in [2.05, 4.69) is 32.3 Å². The van der Waals surface area contributed by atoms with E-state index < -0.39 is 0 Å². The maximum atomic E-state index is 11.2. The minimum Gasteiger partial charge on any atom is -0.258 e. The molecule has 1 fully saturated rings. The Morgan fingerprint density at radius 2 is 2.03 bits per heavy atom. The Labute approximate surface area is 181 Å². The molecule has 0 N–H and O–H groups in total. The fourth-order valence-corrected chi connectivity index (χ4v) is 4.57. The van der Waals surface area contributed by atoms with Crippen LogP contribution in [0, 0.1) is 21.4 Å². The van der Waals surface area contributed by atoms with E-state index in [1.165, 1.54) is 17.4 Å². The minimum atomic E-state index is -0.369. The van der Waals surface area contributed by atoms with Crippen molar-refractivity contribution >= 4 is 22.7 Å². The largest absolute Gasteiger partial charge is 0.270 e. The first-order valence-electron chi connectivity index (χ1n) is 10.3. The van der Waals surface area contributed by atoms with Gasteiger partial charge in [0, 0.05) is 28.8 Å². The molecule has 6 nitrogen and oxygen atoms in total. The molecule has 0 saturated heterocycles. The Balaban J connectivity index is 2.00. The van der Waals surface area contributed by atoms with E-state index >= 15 is 0 Å². The summed E-state index contributed by atoms with van der Waals surface area (Å²) in [6, 6.07) is 6.69. The van der Waals surface area contributed by atoms with E-state index in [1.807, 2.05) is 23.0 Å². The van der Waals surface area contributed by atoms with Gasteiger partial charge in [-0.1, -0.05) is 45.1 Å². The molecule has 0 bridgehead atoms. The zero-order valence-electron chi connectivity index (χ0n) is 18.2. The van der Waals surface area contributed by atoms with Gasteiger partial charge in [-0.05, 0) is 43.9 Å². The highest BCUT2D eigenvalue weighted by Gasteiger charge is 2.28. The van der Waals surface area contributed by atoms with Crippen LogP contribution in [-0.2, 0) is 0 Å². The van der Waals surface area contributed by atoms with Crippen LogP contribution in [0.5, 0.6) is 0 Å². The second-order valence-electron chi connectivity index (χ2n) is 9.10. The van der Waals surface area contributed by atoms with Gasteiger partial charge >= 0.3 is 0 Å². The predicted molar refractivity (Wildman–Crippen MR) is 124 cm³/mol. The molecule has 1 saturated carbocycles. The number of hydrogen-bond acceptors (Lipinski definition) is 5. The molecule has 0 spiro atoms.